The predicted octanol–water partition coefficient (Wildman–Crippen LogP) is 3.47. The number of ether oxygens (including phenoxy) is 4. The van der Waals surface area contributed by atoms with Crippen LogP contribution in [0.1, 0.15) is 29.8 Å². The van der Waals surface area contributed by atoms with Crippen molar-refractivity contribution in [3.05, 3.63) is 82.3 Å². The molecule has 4 atom stereocenters. The summed E-state index contributed by atoms with van der Waals surface area (Å²) in [7, 11) is 1.37. The molecule has 0 spiro atoms. The molecular weight excluding hydrogens is 574 g/mol. The number of anilines is 1. The highest BCUT2D eigenvalue weighted by Gasteiger charge is 2.53. The molecule has 3 heterocycles. The van der Waals surface area contributed by atoms with Crippen molar-refractivity contribution in [3.63, 3.8) is 0 Å². The number of pyridine rings is 1. The monoisotopic (exact) mass is 605 g/mol. The zero-order chi connectivity index (χ0) is 31.8. The average molecular weight is 606 g/mol. The Labute approximate surface area is 251 Å². The summed E-state index contributed by atoms with van der Waals surface area (Å²) in [6.45, 7) is 4.89. The second-order valence-electron chi connectivity index (χ2n) is 10.7. The number of aromatic hydroxyl groups is 1. The van der Waals surface area contributed by atoms with Crippen LogP contribution in [-0.2, 0) is 14.2 Å². The molecule has 44 heavy (non-hydrogen) atoms. The van der Waals surface area contributed by atoms with Crippen molar-refractivity contribution in [3.8, 4) is 22.8 Å². The van der Waals surface area contributed by atoms with E-state index in [2.05, 4.69) is 10.3 Å². The van der Waals surface area contributed by atoms with E-state index < -0.39 is 59.3 Å². The standard InChI is InChI=1S/C31H31N3O10/c1-15-20(41-29-23(36)25(43-30(32)39)26(40-4)31(2,3)44-29)12-11-18-22(35)21(28(38)42-24(15)18)34-27(37)17-9-7-8-16(14-17)19-10-5-6-13-33-19/h5-14,23,25-26,29,35-36H,1-4H3,(H2,32,39)(H,34,37)/t23-,25+,26-,29-/m1/s1. The first kappa shape index (κ1) is 30.5. The number of aryl methyl sites for hydroxylation is 1. The molecule has 4 aromatic rings. The Morgan fingerprint density at radius 3 is 2.57 bits per heavy atom. The number of aliphatic hydroxyl groups excluding tert-OH is 1. The van der Waals surface area contributed by atoms with Crippen LogP contribution in [0.4, 0.5) is 10.5 Å². The van der Waals surface area contributed by atoms with E-state index in [1.165, 1.54) is 19.2 Å². The van der Waals surface area contributed by atoms with Gasteiger partial charge < -0.3 is 44.6 Å². The highest BCUT2D eigenvalue weighted by atomic mass is 16.7. The number of nitrogens with one attached hydrogen (secondary N) is 1. The summed E-state index contributed by atoms with van der Waals surface area (Å²) >= 11 is 0. The van der Waals surface area contributed by atoms with Crippen LogP contribution in [0.2, 0.25) is 0 Å². The lowest BCUT2D eigenvalue weighted by Crippen LogP contribution is -2.65. The number of hydrogen-bond donors (Lipinski definition) is 4. The maximum absolute atomic E-state index is 13.1. The number of nitrogens with zero attached hydrogens (tertiary/aromatic N) is 1. The van der Waals surface area contributed by atoms with Crippen LogP contribution < -0.4 is 21.4 Å². The van der Waals surface area contributed by atoms with Crippen molar-refractivity contribution in [1.29, 1.82) is 0 Å². The molecule has 230 valence electrons. The molecule has 13 nitrogen and oxygen atoms in total. The Morgan fingerprint density at radius 2 is 1.89 bits per heavy atom. The van der Waals surface area contributed by atoms with Crippen LogP contribution in [0, 0.1) is 6.92 Å². The maximum atomic E-state index is 13.1. The van der Waals surface area contributed by atoms with Gasteiger partial charge in [0, 0.05) is 30.0 Å². The summed E-state index contributed by atoms with van der Waals surface area (Å²) in [6.07, 6.45) is -4.43. The van der Waals surface area contributed by atoms with Gasteiger partial charge in [0.25, 0.3) is 5.91 Å². The van der Waals surface area contributed by atoms with Crippen molar-refractivity contribution in [1.82, 2.24) is 4.98 Å². The van der Waals surface area contributed by atoms with Crippen molar-refractivity contribution in [2.45, 2.75) is 51.0 Å². The molecule has 1 aliphatic heterocycles. The van der Waals surface area contributed by atoms with Crippen LogP contribution in [0.25, 0.3) is 22.2 Å². The molecule has 1 fully saturated rings. The molecule has 2 amide bonds. The van der Waals surface area contributed by atoms with Crippen LogP contribution in [0.15, 0.2) is 70.0 Å². The molecule has 13 heteroatoms. The van der Waals surface area contributed by atoms with E-state index in [9.17, 15) is 24.6 Å². The third-order valence-electron chi connectivity index (χ3n) is 7.34. The normalized spacial score (nSPS) is 21.0. The quantitative estimate of drug-likeness (QED) is 0.225. The Hall–Kier alpha value is -4.98. The minimum atomic E-state index is -1.51. The molecule has 2 aromatic carbocycles. The molecular formula is C31H31N3O10. The maximum Gasteiger partial charge on any atom is 0.404 e. The molecule has 1 saturated heterocycles. The zero-order valence-electron chi connectivity index (χ0n) is 24.3. The van der Waals surface area contributed by atoms with E-state index in [1.54, 1.807) is 63.4 Å². The number of fused-ring (bicyclic) bond motifs is 1. The third kappa shape index (κ3) is 5.80. The fourth-order valence-electron chi connectivity index (χ4n) is 5.21. The number of aliphatic hydroxyl groups is 1. The zero-order valence-corrected chi connectivity index (χ0v) is 24.3. The minimum absolute atomic E-state index is 0.0237. The lowest BCUT2D eigenvalue weighted by atomic mass is 9.89. The Balaban J connectivity index is 1.42. The fraction of sp³-hybridized carbons (Fsp3) is 0.290. The second-order valence-corrected chi connectivity index (χ2v) is 10.7. The van der Waals surface area contributed by atoms with Crippen LogP contribution in [0.3, 0.4) is 0 Å². The van der Waals surface area contributed by atoms with Gasteiger partial charge in [-0.2, -0.15) is 0 Å². The predicted molar refractivity (Wildman–Crippen MR) is 157 cm³/mol. The number of benzene rings is 2. The average Bonchev–Trinajstić information content (AvgIpc) is 2.99. The largest absolute Gasteiger partial charge is 0.505 e. The van der Waals surface area contributed by atoms with Gasteiger partial charge in [0.15, 0.2) is 23.6 Å². The van der Waals surface area contributed by atoms with E-state index in [-0.39, 0.29) is 27.8 Å². The van der Waals surface area contributed by atoms with Gasteiger partial charge in [-0.1, -0.05) is 18.2 Å². The first-order valence-corrected chi connectivity index (χ1v) is 13.5. The number of hydrogen-bond acceptors (Lipinski definition) is 11. The SMILES string of the molecule is CO[C@@H]1[C@@H](OC(N)=O)[C@@H](O)[C@H](Oc2ccc3c(O)c(NC(=O)c4cccc(-c5ccccn5)c4)c(=O)oc3c2C)OC1(C)C. The summed E-state index contributed by atoms with van der Waals surface area (Å²) in [4.78, 5) is 41.9. The van der Waals surface area contributed by atoms with Gasteiger partial charge >= 0.3 is 11.7 Å². The van der Waals surface area contributed by atoms with E-state index in [4.69, 9.17) is 29.1 Å². The summed E-state index contributed by atoms with van der Waals surface area (Å²) in [6, 6.07) is 14.9. The number of carbonyl (C=O) groups is 2. The Kier molecular flexibility index (Phi) is 8.28. The van der Waals surface area contributed by atoms with Gasteiger partial charge in [0.1, 0.15) is 17.4 Å². The van der Waals surface area contributed by atoms with Gasteiger partial charge in [0.2, 0.25) is 6.29 Å². The molecule has 5 rings (SSSR count). The highest BCUT2D eigenvalue weighted by molar-refractivity contribution is 6.07. The summed E-state index contributed by atoms with van der Waals surface area (Å²) < 4.78 is 27.9. The molecule has 0 aliphatic carbocycles. The molecule has 1 aliphatic rings. The van der Waals surface area contributed by atoms with Crippen LogP contribution in [-0.4, -0.2) is 64.5 Å². The summed E-state index contributed by atoms with van der Waals surface area (Å²) in [5.41, 5.74) is 4.52. The number of rotatable bonds is 7. The van der Waals surface area contributed by atoms with E-state index in [0.717, 1.165) is 0 Å². The minimum Gasteiger partial charge on any atom is -0.505 e. The number of methoxy groups -OCH3 is 1. The second kappa shape index (κ2) is 12.0. The Morgan fingerprint density at radius 1 is 1.11 bits per heavy atom. The van der Waals surface area contributed by atoms with Gasteiger partial charge in [-0.15, -0.1) is 0 Å². The highest BCUT2D eigenvalue weighted by Crippen LogP contribution is 2.38. The van der Waals surface area contributed by atoms with Crippen LogP contribution >= 0.6 is 0 Å². The van der Waals surface area contributed by atoms with E-state index >= 15 is 0 Å². The molecule has 2 aromatic heterocycles. The van der Waals surface area contributed by atoms with Gasteiger partial charge in [0.05, 0.1) is 16.7 Å². The molecule has 5 N–H and O–H groups in total. The van der Waals surface area contributed by atoms with Crippen molar-refractivity contribution in [2.75, 3.05) is 12.4 Å². The van der Waals surface area contributed by atoms with Gasteiger partial charge in [-0.3, -0.25) is 9.78 Å². The first-order valence-electron chi connectivity index (χ1n) is 13.5. The fourth-order valence-corrected chi connectivity index (χ4v) is 5.21. The van der Waals surface area contributed by atoms with Crippen molar-refractivity contribution in [2.24, 2.45) is 5.73 Å². The lowest BCUT2D eigenvalue weighted by molar-refractivity contribution is -0.304. The summed E-state index contributed by atoms with van der Waals surface area (Å²) in [5, 5.41) is 24.5. The van der Waals surface area contributed by atoms with Crippen molar-refractivity contribution >= 4 is 28.7 Å². The molecule has 0 unspecified atom stereocenters. The van der Waals surface area contributed by atoms with Crippen LogP contribution in [0.5, 0.6) is 11.5 Å². The topological polar surface area (TPSA) is 193 Å². The number of carbonyl (C=O) groups excluding carboxylic acids is 2. The van der Waals surface area contributed by atoms with Crippen molar-refractivity contribution < 1.29 is 43.2 Å². The smallest absolute Gasteiger partial charge is 0.404 e. The molecule has 0 saturated carbocycles. The Bertz CT molecular complexity index is 1770. The number of amides is 2. The lowest BCUT2D eigenvalue weighted by Gasteiger charge is -2.47. The van der Waals surface area contributed by atoms with E-state index in [1.807, 2.05) is 6.07 Å². The van der Waals surface area contributed by atoms with Gasteiger partial charge in [-0.05, 0) is 57.2 Å². The third-order valence-corrected chi connectivity index (χ3v) is 7.34. The number of aromatic nitrogens is 1. The molecule has 0 bridgehead atoms. The summed E-state index contributed by atoms with van der Waals surface area (Å²) in [5.74, 6) is -1.01. The van der Waals surface area contributed by atoms with E-state index in [0.29, 0.717) is 11.3 Å². The molecule has 0 radical (unpaired) electrons. The number of primary amides is 1. The number of nitrogens with two attached hydrogens (primary N) is 1. The first-order chi connectivity index (χ1) is 20.9. The van der Waals surface area contributed by atoms with Gasteiger partial charge in [-0.25, -0.2) is 9.59 Å².